The van der Waals surface area contributed by atoms with Gasteiger partial charge in [0.15, 0.2) is 0 Å². The highest BCUT2D eigenvalue weighted by atomic mass is 35.5. The van der Waals surface area contributed by atoms with Crippen LogP contribution in [0.1, 0.15) is 33.3 Å². The van der Waals surface area contributed by atoms with E-state index in [0.717, 1.165) is 16.4 Å². The average molecular weight is 595 g/mol. The highest BCUT2D eigenvalue weighted by molar-refractivity contribution is 7.92. The summed E-state index contributed by atoms with van der Waals surface area (Å²) in [6.07, 6.45) is 0. The van der Waals surface area contributed by atoms with Crippen LogP contribution >= 0.6 is 23.2 Å². The lowest BCUT2D eigenvalue weighted by molar-refractivity contribution is -0.140. The molecule has 0 aliphatic rings. The van der Waals surface area contributed by atoms with Gasteiger partial charge in [-0.25, -0.2) is 12.8 Å². The summed E-state index contributed by atoms with van der Waals surface area (Å²) in [6.45, 7) is 6.31. The first-order chi connectivity index (χ1) is 18.2. The van der Waals surface area contributed by atoms with E-state index in [9.17, 15) is 22.4 Å². The number of rotatable bonds is 9. The molecule has 3 aromatic rings. The molecule has 0 bridgehead atoms. The third kappa shape index (κ3) is 7.94. The molecular formula is C28H30Cl2FN3O4S. The number of hydrogen-bond acceptors (Lipinski definition) is 4. The zero-order valence-electron chi connectivity index (χ0n) is 22.0. The summed E-state index contributed by atoms with van der Waals surface area (Å²) >= 11 is 12.2. The van der Waals surface area contributed by atoms with Crippen molar-refractivity contribution in [2.24, 2.45) is 0 Å². The van der Waals surface area contributed by atoms with Crippen molar-refractivity contribution in [1.82, 2.24) is 10.2 Å². The van der Waals surface area contributed by atoms with Gasteiger partial charge in [-0.05, 0) is 81.8 Å². The maximum atomic E-state index is 13.8. The predicted molar refractivity (Wildman–Crippen MR) is 152 cm³/mol. The normalized spacial score (nSPS) is 12.5. The molecule has 3 rings (SSSR count). The summed E-state index contributed by atoms with van der Waals surface area (Å²) in [5.74, 6) is -1.63. The Morgan fingerprint density at radius 1 is 0.949 bits per heavy atom. The number of nitrogens with one attached hydrogen (secondary N) is 1. The third-order valence-corrected chi connectivity index (χ3v) is 8.25. The highest BCUT2D eigenvalue weighted by Crippen LogP contribution is 2.26. The van der Waals surface area contributed by atoms with Gasteiger partial charge in [-0.15, -0.1) is 0 Å². The molecule has 2 amide bonds. The number of nitrogens with zero attached hydrogens (tertiary/aromatic N) is 2. The van der Waals surface area contributed by atoms with Crippen LogP contribution in [0.15, 0.2) is 77.7 Å². The maximum Gasteiger partial charge on any atom is 0.264 e. The molecule has 11 heteroatoms. The number of carbonyl (C=O) groups is 2. The molecule has 3 aromatic carbocycles. The minimum absolute atomic E-state index is 0.0445. The predicted octanol–water partition coefficient (Wildman–Crippen LogP) is 5.66. The second-order valence-electron chi connectivity index (χ2n) is 9.99. The van der Waals surface area contributed by atoms with E-state index < -0.39 is 45.8 Å². The van der Waals surface area contributed by atoms with E-state index in [1.807, 2.05) is 20.8 Å². The summed E-state index contributed by atoms with van der Waals surface area (Å²) in [4.78, 5) is 28.2. The highest BCUT2D eigenvalue weighted by Gasteiger charge is 2.33. The summed E-state index contributed by atoms with van der Waals surface area (Å²) in [7, 11) is -4.23. The molecule has 0 saturated carbocycles. The number of amides is 2. The van der Waals surface area contributed by atoms with Gasteiger partial charge in [-0.1, -0.05) is 47.5 Å². The molecular weight excluding hydrogens is 564 g/mol. The molecule has 0 aromatic heterocycles. The van der Waals surface area contributed by atoms with Crippen LogP contribution in [0.4, 0.5) is 10.1 Å². The van der Waals surface area contributed by atoms with Gasteiger partial charge in [0.1, 0.15) is 18.4 Å². The van der Waals surface area contributed by atoms with Crippen molar-refractivity contribution in [3.05, 3.63) is 94.2 Å². The molecule has 0 unspecified atom stereocenters. The van der Waals surface area contributed by atoms with Gasteiger partial charge in [-0.2, -0.15) is 0 Å². The first kappa shape index (κ1) is 30.4. The first-order valence-corrected chi connectivity index (χ1v) is 14.3. The summed E-state index contributed by atoms with van der Waals surface area (Å²) < 4.78 is 41.9. The Labute approximate surface area is 238 Å². The van der Waals surface area contributed by atoms with E-state index in [2.05, 4.69) is 5.32 Å². The maximum absolute atomic E-state index is 13.8. The van der Waals surface area contributed by atoms with Crippen molar-refractivity contribution in [2.45, 2.75) is 50.7 Å². The van der Waals surface area contributed by atoms with Crippen LogP contribution in [-0.2, 0) is 26.2 Å². The van der Waals surface area contributed by atoms with E-state index in [0.29, 0.717) is 10.6 Å². The van der Waals surface area contributed by atoms with Crippen LogP contribution < -0.4 is 9.62 Å². The van der Waals surface area contributed by atoms with E-state index in [1.54, 1.807) is 43.3 Å². The van der Waals surface area contributed by atoms with Gasteiger partial charge in [-0.3, -0.25) is 13.9 Å². The van der Waals surface area contributed by atoms with Crippen LogP contribution in [0.2, 0.25) is 10.0 Å². The second kappa shape index (κ2) is 12.4. The molecule has 0 aliphatic heterocycles. The van der Waals surface area contributed by atoms with Gasteiger partial charge in [0.05, 0.1) is 20.6 Å². The largest absolute Gasteiger partial charge is 0.350 e. The summed E-state index contributed by atoms with van der Waals surface area (Å²) in [6, 6.07) is 16.2. The van der Waals surface area contributed by atoms with Crippen LogP contribution in [0.5, 0.6) is 0 Å². The quantitative estimate of drug-likeness (QED) is 0.347. The lowest BCUT2D eigenvalue weighted by Gasteiger charge is -2.33. The Morgan fingerprint density at radius 3 is 2.13 bits per heavy atom. The van der Waals surface area contributed by atoms with Gasteiger partial charge >= 0.3 is 0 Å². The zero-order chi connectivity index (χ0) is 29.0. The van der Waals surface area contributed by atoms with Crippen LogP contribution in [0.25, 0.3) is 0 Å². The Balaban J connectivity index is 2.03. The average Bonchev–Trinajstić information content (AvgIpc) is 2.87. The monoisotopic (exact) mass is 593 g/mol. The molecule has 208 valence electrons. The van der Waals surface area contributed by atoms with E-state index >= 15 is 0 Å². The fourth-order valence-electron chi connectivity index (χ4n) is 3.75. The Kier molecular flexibility index (Phi) is 9.64. The Hall–Kier alpha value is -3.14. The molecule has 0 fully saturated rings. The van der Waals surface area contributed by atoms with Gasteiger partial charge in [0, 0.05) is 12.1 Å². The number of carbonyl (C=O) groups excluding carboxylic acids is 2. The molecule has 0 radical (unpaired) electrons. The van der Waals surface area contributed by atoms with Crippen molar-refractivity contribution >= 4 is 50.7 Å². The van der Waals surface area contributed by atoms with Crippen LogP contribution in [0.3, 0.4) is 0 Å². The van der Waals surface area contributed by atoms with Crippen molar-refractivity contribution in [3.63, 3.8) is 0 Å². The smallest absolute Gasteiger partial charge is 0.264 e. The fraction of sp³-hybridized carbons (Fsp3) is 0.286. The third-order valence-electron chi connectivity index (χ3n) is 5.73. The zero-order valence-corrected chi connectivity index (χ0v) is 24.3. The number of hydrogen-bond donors (Lipinski definition) is 1. The molecule has 0 spiro atoms. The molecule has 0 saturated heterocycles. The molecule has 0 heterocycles. The molecule has 7 nitrogen and oxygen atoms in total. The minimum atomic E-state index is -4.23. The lowest BCUT2D eigenvalue weighted by atomic mass is 10.1. The van der Waals surface area contributed by atoms with Crippen LogP contribution in [-0.4, -0.2) is 43.3 Å². The second-order valence-corrected chi connectivity index (χ2v) is 12.7. The van der Waals surface area contributed by atoms with Crippen molar-refractivity contribution in [2.75, 3.05) is 10.8 Å². The fourth-order valence-corrected chi connectivity index (χ4v) is 5.50. The van der Waals surface area contributed by atoms with Crippen molar-refractivity contribution < 1.29 is 22.4 Å². The molecule has 1 N–H and O–H groups in total. The summed E-state index contributed by atoms with van der Waals surface area (Å²) in [5.41, 5.74) is 0.114. The molecule has 39 heavy (non-hydrogen) atoms. The van der Waals surface area contributed by atoms with E-state index in [4.69, 9.17) is 23.2 Å². The molecule has 0 aliphatic carbocycles. The number of anilines is 1. The first-order valence-electron chi connectivity index (χ1n) is 12.1. The van der Waals surface area contributed by atoms with Gasteiger partial charge in [0.2, 0.25) is 11.8 Å². The van der Waals surface area contributed by atoms with Crippen molar-refractivity contribution in [1.29, 1.82) is 0 Å². The standard InChI is InChI=1S/C28H30Cl2FN3O4S/c1-19(27(36)32-28(2,3)4)33(17-20-10-15-24(29)25(30)16-20)26(35)18-34(22-13-11-21(31)12-14-22)39(37,38)23-8-6-5-7-9-23/h5-16,19H,17-18H2,1-4H3,(H,32,36)/t19-/m1/s1. The molecule has 1 atom stereocenters. The van der Waals surface area contributed by atoms with E-state index in [-0.39, 0.29) is 22.2 Å². The SMILES string of the molecule is C[C@H](C(=O)NC(C)(C)C)N(Cc1ccc(Cl)c(Cl)c1)C(=O)CN(c1ccc(F)cc1)S(=O)(=O)c1ccccc1. The lowest BCUT2D eigenvalue weighted by Crippen LogP contribution is -2.54. The van der Waals surface area contributed by atoms with Gasteiger partial charge in [0.25, 0.3) is 10.0 Å². The van der Waals surface area contributed by atoms with Crippen LogP contribution in [0, 0.1) is 5.82 Å². The minimum Gasteiger partial charge on any atom is -0.350 e. The number of halogens is 3. The Morgan fingerprint density at radius 2 is 1.56 bits per heavy atom. The Bertz CT molecular complexity index is 1430. The summed E-state index contributed by atoms with van der Waals surface area (Å²) in [5, 5.41) is 3.45. The van der Waals surface area contributed by atoms with Crippen molar-refractivity contribution in [3.8, 4) is 0 Å². The van der Waals surface area contributed by atoms with Gasteiger partial charge < -0.3 is 10.2 Å². The number of benzene rings is 3. The topological polar surface area (TPSA) is 86.8 Å². The number of sulfonamides is 1. The van der Waals surface area contributed by atoms with E-state index in [1.165, 1.54) is 29.2 Å².